The van der Waals surface area contributed by atoms with Gasteiger partial charge in [-0.15, -0.1) is 0 Å². The molecule has 5 heteroatoms. The number of aliphatic hydroxyl groups is 1. The Morgan fingerprint density at radius 2 is 1.85 bits per heavy atom. The number of para-hydroxylation sites is 1. The highest BCUT2D eigenvalue weighted by molar-refractivity contribution is 6.39. The number of hydrogen-bond donors (Lipinski definition) is 3. The second kappa shape index (κ2) is 7.05. The first-order chi connectivity index (χ1) is 9.36. The van der Waals surface area contributed by atoms with Crippen molar-refractivity contribution in [3.63, 3.8) is 0 Å². The maximum Gasteiger partial charge on any atom is 0.313 e. The fourth-order valence-corrected chi connectivity index (χ4v) is 1.66. The fourth-order valence-electron chi connectivity index (χ4n) is 1.66. The normalized spacial score (nSPS) is 15.0. The second-order valence-corrected chi connectivity index (χ2v) is 5.17. The number of carbonyl (C=O) groups is 2. The van der Waals surface area contributed by atoms with Crippen molar-refractivity contribution in [2.24, 2.45) is 5.92 Å². The van der Waals surface area contributed by atoms with Crippen molar-refractivity contribution in [2.75, 3.05) is 11.9 Å². The lowest BCUT2D eigenvalue weighted by atomic mass is 9.89. The Bertz CT molecular complexity index is 457. The molecule has 0 aliphatic carbocycles. The van der Waals surface area contributed by atoms with Crippen molar-refractivity contribution >= 4 is 17.5 Å². The summed E-state index contributed by atoms with van der Waals surface area (Å²) >= 11 is 0. The van der Waals surface area contributed by atoms with E-state index in [9.17, 15) is 14.7 Å². The lowest BCUT2D eigenvalue weighted by Crippen LogP contribution is -2.47. The molecule has 0 spiro atoms. The van der Waals surface area contributed by atoms with Crippen LogP contribution in [0.25, 0.3) is 0 Å². The van der Waals surface area contributed by atoms with Crippen LogP contribution in [0.1, 0.15) is 27.2 Å². The number of anilines is 1. The quantitative estimate of drug-likeness (QED) is 0.715. The molecule has 5 nitrogen and oxygen atoms in total. The van der Waals surface area contributed by atoms with Crippen LogP contribution in [0.5, 0.6) is 0 Å². The molecular weight excluding hydrogens is 256 g/mol. The van der Waals surface area contributed by atoms with E-state index in [2.05, 4.69) is 10.6 Å². The first-order valence-electron chi connectivity index (χ1n) is 6.73. The summed E-state index contributed by atoms with van der Waals surface area (Å²) in [6, 6.07) is 8.74. The zero-order chi connectivity index (χ0) is 15.2. The Morgan fingerprint density at radius 3 is 2.40 bits per heavy atom. The molecule has 0 heterocycles. The molecule has 0 bridgehead atoms. The average molecular weight is 278 g/mol. The number of hydrogen-bond acceptors (Lipinski definition) is 3. The molecule has 0 unspecified atom stereocenters. The minimum atomic E-state index is -1.03. The molecule has 110 valence electrons. The third-order valence-corrected chi connectivity index (χ3v) is 3.52. The maximum atomic E-state index is 11.7. The van der Waals surface area contributed by atoms with E-state index in [0.717, 1.165) is 6.42 Å². The molecule has 0 fully saturated rings. The zero-order valence-corrected chi connectivity index (χ0v) is 12.1. The summed E-state index contributed by atoms with van der Waals surface area (Å²) in [5.74, 6) is -1.46. The number of amides is 2. The van der Waals surface area contributed by atoms with E-state index in [4.69, 9.17) is 0 Å². The summed E-state index contributed by atoms with van der Waals surface area (Å²) in [6.45, 7) is 5.55. The van der Waals surface area contributed by atoms with Gasteiger partial charge in [-0.2, -0.15) is 0 Å². The third kappa shape index (κ3) is 4.66. The topological polar surface area (TPSA) is 78.4 Å². The average Bonchev–Trinajstić information content (AvgIpc) is 2.44. The predicted octanol–water partition coefficient (Wildman–Crippen LogP) is 1.54. The molecule has 1 aromatic carbocycles. The SMILES string of the molecule is CC[C@H](C)[C@@](C)(O)CNC(=O)C(=O)Nc1ccccc1. The Labute approximate surface area is 119 Å². The summed E-state index contributed by atoms with van der Waals surface area (Å²) < 4.78 is 0. The molecule has 0 saturated carbocycles. The van der Waals surface area contributed by atoms with Gasteiger partial charge in [0.2, 0.25) is 0 Å². The van der Waals surface area contributed by atoms with E-state index in [0.29, 0.717) is 5.69 Å². The summed E-state index contributed by atoms with van der Waals surface area (Å²) in [4.78, 5) is 23.3. The van der Waals surface area contributed by atoms with Gasteiger partial charge in [0.1, 0.15) is 0 Å². The predicted molar refractivity (Wildman–Crippen MR) is 78.2 cm³/mol. The second-order valence-electron chi connectivity index (χ2n) is 5.17. The Hall–Kier alpha value is -1.88. The Balaban J connectivity index is 2.49. The highest BCUT2D eigenvalue weighted by Gasteiger charge is 2.28. The van der Waals surface area contributed by atoms with Crippen molar-refractivity contribution in [3.05, 3.63) is 30.3 Å². The summed E-state index contributed by atoms with van der Waals surface area (Å²) in [7, 11) is 0. The van der Waals surface area contributed by atoms with Crippen LogP contribution in [-0.4, -0.2) is 29.1 Å². The van der Waals surface area contributed by atoms with Crippen molar-refractivity contribution < 1.29 is 14.7 Å². The molecule has 2 amide bonds. The van der Waals surface area contributed by atoms with E-state index in [1.807, 2.05) is 19.9 Å². The van der Waals surface area contributed by atoms with Gasteiger partial charge >= 0.3 is 11.8 Å². The van der Waals surface area contributed by atoms with Gasteiger partial charge in [-0.25, -0.2) is 0 Å². The van der Waals surface area contributed by atoms with Gasteiger partial charge in [0.25, 0.3) is 0 Å². The lowest BCUT2D eigenvalue weighted by molar-refractivity contribution is -0.137. The molecule has 1 aromatic rings. The van der Waals surface area contributed by atoms with Gasteiger partial charge in [0.05, 0.1) is 5.60 Å². The largest absolute Gasteiger partial charge is 0.388 e. The molecule has 0 aliphatic heterocycles. The molecule has 0 radical (unpaired) electrons. The van der Waals surface area contributed by atoms with E-state index in [1.54, 1.807) is 31.2 Å². The van der Waals surface area contributed by atoms with Crippen LogP contribution in [0.15, 0.2) is 30.3 Å². The van der Waals surface area contributed by atoms with Crippen LogP contribution in [0.4, 0.5) is 5.69 Å². The van der Waals surface area contributed by atoms with Gasteiger partial charge in [-0.1, -0.05) is 38.5 Å². The van der Waals surface area contributed by atoms with Crippen LogP contribution in [0.3, 0.4) is 0 Å². The lowest BCUT2D eigenvalue weighted by Gasteiger charge is -2.29. The molecular formula is C15H22N2O3. The van der Waals surface area contributed by atoms with E-state index in [-0.39, 0.29) is 12.5 Å². The van der Waals surface area contributed by atoms with Crippen molar-refractivity contribution in [1.82, 2.24) is 5.32 Å². The van der Waals surface area contributed by atoms with Gasteiger partial charge < -0.3 is 15.7 Å². The van der Waals surface area contributed by atoms with Gasteiger partial charge in [-0.3, -0.25) is 9.59 Å². The molecule has 3 N–H and O–H groups in total. The van der Waals surface area contributed by atoms with Crippen molar-refractivity contribution in [3.8, 4) is 0 Å². The number of rotatable bonds is 5. The highest BCUT2D eigenvalue weighted by atomic mass is 16.3. The van der Waals surface area contributed by atoms with E-state index >= 15 is 0 Å². The standard InChI is InChI=1S/C15H22N2O3/c1-4-11(2)15(3,20)10-16-13(18)14(19)17-12-8-6-5-7-9-12/h5-9,11,20H,4,10H2,1-3H3,(H,16,18)(H,17,19)/t11-,15-/m0/s1. The number of benzene rings is 1. The summed E-state index contributed by atoms with van der Waals surface area (Å²) in [5.41, 5.74) is -0.474. The monoisotopic (exact) mass is 278 g/mol. The minimum Gasteiger partial charge on any atom is -0.388 e. The number of carbonyl (C=O) groups excluding carboxylic acids is 2. The highest BCUT2D eigenvalue weighted by Crippen LogP contribution is 2.18. The molecule has 0 aliphatic rings. The van der Waals surface area contributed by atoms with Crippen molar-refractivity contribution in [1.29, 1.82) is 0 Å². The third-order valence-electron chi connectivity index (χ3n) is 3.52. The van der Waals surface area contributed by atoms with Crippen LogP contribution < -0.4 is 10.6 Å². The number of nitrogens with one attached hydrogen (secondary N) is 2. The summed E-state index contributed by atoms with van der Waals surface area (Å²) in [6.07, 6.45) is 0.791. The first-order valence-corrected chi connectivity index (χ1v) is 6.73. The fraction of sp³-hybridized carbons (Fsp3) is 0.467. The molecule has 0 aromatic heterocycles. The molecule has 2 atom stereocenters. The summed E-state index contributed by atoms with van der Waals surface area (Å²) in [5, 5.41) is 15.1. The van der Waals surface area contributed by atoms with Crippen LogP contribution >= 0.6 is 0 Å². The van der Waals surface area contributed by atoms with Gasteiger partial charge in [-0.05, 0) is 25.0 Å². The van der Waals surface area contributed by atoms with Gasteiger partial charge in [0, 0.05) is 12.2 Å². The Morgan fingerprint density at radius 1 is 1.25 bits per heavy atom. The minimum absolute atomic E-state index is 0.0278. The van der Waals surface area contributed by atoms with Crippen LogP contribution in [0, 0.1) is 5.92 Å². The molecule has 1 rings (SSSR count). The molecule has 20 heavy (non-hydrogen) atoms. The Kier molecular flexibility index (Phi) is 5.70. The molecule has 0 saturated heterocycles. The van der Waals surface area contributed by atoms with E-state index < -0.39 is 17.4 Å². The zero-order valence-electron chi connectivity index (χ0n) is 12.1. The van der Waals surface area contributed by atoms with Crippen LogP contribution in [0.2, 0.25) is 0 Å². The maximum absolute atomic E-state index is 11.7. The van der Waals surface area contributed by atoms with E-state index in [1.165, 1.54) is 0 Å². The van der Waals surface area contributed by atoms with Gasteiger partial charge in [0.15, 0.2) is 0 Å². The van der Waals surface area contributed by atoms with Crippen molar-refractivity contribution in [2.45, 2.75) is 32.8 Å². The first kappa shape index (κ1) is 16.2. The smallest absolute Gasteiger partial charge is 0.313 e. The van der Waals surface area contributed by atoms with Crippen LogP contribution in [-0.2, 0) is 9.59 Å².